The van der Waals surface area contributed by atoms with Gasteiger partial charge in [0.2, 0.25) is 11.8 Å². The number of nitrogens with one attached hydrogen (secondary N) is 1. The van der Waals surface area contributed by atoms with Crippen LogP contribution in [0.3, 0.4) is 0 Å². The molecule has 1 fully saturated rings. The van der Waals surface area contributed by atoms with E-state index in [0.29, 0.717) is 25.4 Å². The number of rotatable bonds is 6. The fourth-order valence-electron chi connectivity index (χ4n) is 4.72. The number of nitrogens with zero attached hydrogens (tertiary/aromatic N) is 2. The first-order chi connectivity index (χ1) is 15.1. The van der Waals surface area contributed by atoms with Gasteiger partial charge in [-0.2, -0.15) is 0 Å². The number of carbonyl (C=O) groups excluding carboxylic acids is 2. The van der Waals surface area contributed by atoms with Gasteiger partial charge >= 0.3 is 0 Å². The first kappa shape index (κ1) is 21.8. The Morgan fingerprint density at radius 2 is 2.13 bits per heavy atom. The molecule has 0 atom stereocenters. The smallest absolute Gasteiger partial charge is 0.244 e. The van der Waals surface area contributed by atoms with Crippen LogP contribution < -0.4 is 5.32 Å². The highest BCUT2D eigenvalue weighted by atomic mass is 32.1. The second kappa shape index (κ2) is 10.2. The van der Waals surface area contributed by atoms with Gasteiger partial charge in [-0.15, -0.1) is 11.3 Å². The molecular weight excluding hydrogens is 406 g/mol. The third-order valence-electron chi connectivity index (χ3n) is 6.52. The van der Waals surface area contributed by atoms with Gasteiger partial charge < -0.3 is 10.2 Å². The molecule has 0 saturated heterocycles. The number of fused-ring (bicyclic) bond motifs is 1. The molecule has 2 aromatic rings. The lowest BCUT2D eigenvalue weighted by molar-refractivity contribution is -0.133. The van der Waals surface area contributed by atoms with Crippen molar-refractivity contribution in [1.29, 1.82) is 0 Å². The van der Waals surface area contributed by atoms with Crippen LogP contribution in [0.2, 0.25) is 0 Å². The molecule has 0 radical (unpaired) electrons. The molecule has 3 heterocycles. The summed E-state index contributed by atoms with van der Waals surface area (Å²) in [6.07, 6.45) is 13.1. The topological polar surface area (TPSA) is 62.3 Å². The predicted molar refractivity (Wildman–Crippen MR) is 124 cm³/mol. The van der Waals surface area contributed by atoms with Gasteiger partial charge in [-0.05, 0) is 66.3 Å². The van der Waals surface area contributed by atoms with Crippen molar-refractivity contribution < 1.29 is 9.59 Å². The molecule has 0 unspecified atom stereocenters. The van der Waals surface area contributed by atoms with E-state index in [1.807, 2.05) is 41.6 Å². The van der Waals surface area contributed by atoms with E-state index in [-0.39, 0.29) is 11.8 Å². The number of aryl methyl sites for hydroxylation is 1. The average Bonchev–Trinajstić information content (AvgIpc) is 3.31. The number of aromatic nitrogens is 1. The Balaban J connectivity index is 1.37. The van der Waals surface area contributed by atoms with Gasteiger partial charge in [0.1, 0.15) is 0 Å². The van der Waals surface area contributed by atoms with Crippen LogP contribution in [0.15, 0.2) is 29.8 Å². The summed E-state index contributed by atoms with van der Waals surface area (Å²) in [5.74, 6) is 0.740. The summed E-state index contributed by atoms with van der Waals surface area (Å²) >= 11 is 1.60. The lowest BCUT2D eigenvalue weighted by Gasteiger charge is -2.32. The minimum absolute atomic E-state index is 0.106. The van der Waals surface area contributed by atoms with Crippen molar-refractivity contribution in [3.8, 4) is 0 Å². The van der Waals surface area contributed by atoms with Gasteiger partial charge in [0.25, 0.3) is 0 Å². The molecule has 1 aliphatic heterocycles. The van der Waals surface area contributed by atoms with E-state index in [1.54, 1.807) is 17.4 Å². The zero-order chi connectivity index (χ0) is 21.6. The lowest BCUT2D eigenvalue weighted by Crippen LogP contribution is -2.38. The maximum absolute atomic E-state index is 12.9. The summed E-state index contributed by atoms with van der Waals surface area (Å²) in [4.78, 5) is 32.7. The normalized spacial score (nSPS) is 17.0. The van der Waals surface area contributed by atoms with Gasteiger partial charge in [0.05, 0.1) is 0 Å². The largest absolute Gasteiger partial charge is 0.348 e. The van der Waals surface area contributed by atoms with Crippen molar-refractivity contribution in [3.05, 3.63) is 57.0 Å². The third kappa shape index (κ3) is 5.62. The van der Waals surface area contributed by atoms with Crippen molar-refractivity contribution in [2.45, 2.75) is 65.0 Å². The van der Waals surface area contributed by atoms with E-state index >= 15 is 0 Å². The van der Waals surface area contributed by atoms with Crippen LogP contribution in [-0.2, 0) is 29.1 Å². The zero-order valence-corrected chi connectivity index (χ0v) is 19.0. The van der Waals surface area contributed by atoms with Crippen molar-refractivity contribution in [2.24, 2.45) is 5.92 Å². The van der Waals surface area contributed by atoms with Crippen LogP contribution in [0.4, 0.5) is 0 Å². The lowest BCUT2D eigenvalue weighted by atomic mass is 9.86. The fourth-order valence-corrected chi connectivity index (χ4v) is 5.33. The van der Waals surface area contributed by atoms with Gasteiger partial charge in [0.15, 0.2) is 0 Å². The first-order valence-electron chi connectivity index (χ1n) is 11.3. The molecule has 31 heavy (non-hydrogen) atoms. The molecule has 1 N–H and O–H groups in total. The Bertz CT molecular complexity index is 946. The molecule has 5 nitrogen and oxygen atoms in total. The van der Waals surface area contributed by atoms with Crippen molar-refractivity contribution >= 4 is 29.2 Å². The average molecular weight is 438 g/mol. The minimum atomic E-state index is -0.106. The van der Waals surface area contributed by atoms with Crippen LogP contribution in [-0.4, -0.2) is 28.2 Å². The summed E-state index contributed by atoms with van der Waals surface area (Å²) in [5.41, 5.74) is 4.40. The number of thiophene rings is 1. The molecule has 0 bridgehead atoms. The Labute approximate surface area is 188 Å². The molecule has 1 saturated carbocycles. The highest BCUT2D eigenvalue weighted by Gasteiger charge is 2.26. The number of carbonyl (C=O) groups is 2. The van der Waals surface area contributed by atoms with Crippen molar-refractivity contribution in [2.75, 3.05) is 6.54 Å². The van der Waals surface area contributed by atoms with Crippen molar-refractivity contribution in [1.82, 2.24) is 15.2 Å². The summed E-state index contributed by atoms with van der Waals surface area (Å²) in [6.45, 7) is 3.84. The highest BCUT2D eigenvalue weighted by molar-refractivity contribution is 7.10. The maximum atomic E-state index is 12.9. The predicted octanol–water partition coefficient (Wildman–Crippen LogP) is 4.64. The minimum Gasteiger partial charge on any atom is -0.348 e. The molecule has 1 aliphatic carbocycles. The molecule has 2 aliphatic rings. The second-order valence-corrected chi connectivity index (χ2v) is 9.65. The fraction of sp³-hybridized carbons (Fsp3) is 0.480. The van der Waals surface area contributed by atoms with Crippen LogP contribution in [0.5, 0.6) is 0 Å². The number of pyridine rings is 1. The number of hydrogen-bond donors (Lipinski definition) is 1. The molecule has 0 aromatic carbocycles. The van der Waals surface area contributed by atoms with E-state index in [2.05, 4.69) is 10.3 Å². The van der Waals surface area contributed by atoms with Gasteiger partial charge in [-0.3, -0.25) is 14.6 Å². The highest BCUT2D eigenvalue weighted by Crippen LogP contribution is 2.29. The van der Waals surface area contributed by atoms with E-state index in [1.165, 1.54) is 37.7 Å². The summed E-state index contributed by atoms with van der Waals surface area (Å²) in [5, 5.41) is 4.99. The second-order valence-electron chi connectivity index (χ2n) is 8.67. The Hall–Kier alpha value is -2.47. The SMILES string of the molecule is Cc1ncc2c(c1CNC(=O)/C=C/c1cccs1)CCN(C(=O)CC1CCCCC1)C2. The third-order valence-corrected chi connectivity index (χ3v) is 7.36. The van der Waals surface area contributed by atoms with Crippen LogP contribution >= 0.6 is 11.3 Å². The molecule has 2 amide bonds. The first-order valence-corrected chi connectivity index (χ1v) is 12.2. The Kier molecular flexibility index (Phi) is 7.17. The number of hydrogen-bond acceptors (Lipinski definition) is 4. The van der Waals surface area contributed by atoms with E-state index in [0.717, 1.165) is 34.7 Å². The summed E-state index contributed by atoms with van der Waals surface area (Å²) in [7, 11) is 0. The summed E-state index contributed by atoms with van der Waals surface area (Å²) < 4.78 is 0. The maximum Gasteiger partial charge on any atom is 0.244 e. The van der Waals surface area contributed by atoms with E-state index in [9.17, 15) is 9.59 Å². The monoisotopic (exact) mass is 437 g/mol. The van der Waals surface area contributed by atoms with Gasteiger partial charge in [0, 0.05) is 48.9 Å². The van der Waals surface area contributed by atoms with Crippen molar-refractivity contribution in [3.63, 3.8) is 0 Å². The quantitative estimate of drug-likeness (QED) is 0.670. The molecule has 6 heteroatoms. The number of amides is 2. The zero-order valence-electron chi connectivity index (χ0n) is 18.2. The van der Waals surface area contributed by atoms with Crippen LogP contribution in [0.1, 0.15) is 65.8 Å². The molecular formula is C25H31N3O2S. The Morgan fingerprint density at radius 1 is 1.29 bits per heavy atom. The Morgan fingerprint density at radius 3 is 2.90 bits per heavy atom. The molecule has 4 rings (SSSR count). The van der Waals surface area contributed by atoms with E-state index in [4.69, 9.17) is 0 Å². The molecule has 2 aromatic heterocycles. The van der Waals surface area contributed by atoms with Crippen LogP contribution in [0, 0.1) is 12.8 Å². The summed E-state index contributed by atoms with van der Waals surface area (Å²) in [6, 6.07) is 3.95. The van der Waals surface area contributed by atoms with Gasteiger partial charge in [-0.1, -0.05) is 25.3 Å². The van der Waals surface area contributed by atoms with Crippen LogP contribution in [0.25, 0.3) is 6.08 Å². The van der Waals surface area contributed by atoms with E-state index < -0.39 is 0 Å². The standard InChI is InChI=1S/C25H31N3O2S/c1-18-23(16-27-24(29)10-9-21-8-5-13-31-21)22-11-12-28(17-20(22)15-26-18)25(30)14-19-6-3-2-4-7-19/h5,8-10,13,15,19H,2-4,6-7,11-12,14,16-17H2,1H3,(H,27,29)/b10-9+. The molecule has 0 spiro atoms. The molecule has 164 valence electrons. The van der Waals surface area contributed by atoms with Gasteiger partial charge in [-0.25, -0.2) is 0 Å².